The third-order valence-electron chi connectivity index (χ3n) is 2.74. The Morgan fingerprint density at radius 1 is 1.04 bits per heavy atom. The number of rotatable bonds is 15. The van der Waals surface area contributed by atoms with Gasteiger partial charge in [-0.15, -0.1) is 0 Å². The number of urea groups is 1. The van der Waals surface area contributed by atoms with Crippen molar-refractivity contribution >= 4 is 14.8 Å². The average Bonchev–Trinajstić information content (AvgIpc) is 2.55. The lowest BCUT2D eigenvalue weighted by atomic mass is 10.6. The van der Waals surface area contributed by atoms with E-state index in [1.54, 1.807) is 0 Å². The smallest absolute Gasteiger partial charge is 0.379 e. The quantitative estimate of drug-likeness (QED) is 0.150. The fourth-order valence-corrected chi connectivity index (χ4v) is 4.32. The highest BCUT2D eigenvalue weighted by molar-refractivity contribution is 6.60. The number of nitrogens with zero attached hydrogens (tertiary/aromatic N) is 3. The molecule has 0 saturated carbocycles. The van der Waals surface area contributed by atoms with E-state index in [4.69, 9.17) is 23.5 Å². The second kappa shape index (κ2) is 15.2. The summed E-state index contributed by atoms with van der Waals surface area (Å²) in [5, 5.41) is 8.75. The van der Waals surface area contributed by atoms with Crippen LogP contribution in [0.1, 0.15) is 20.8 Å². The van der Waals surface area contributed by atoms with Gasteiger partial charge in [-0.1, -0.05) is 5.11 Å². The van der Waals surface area contributed by atoms with Crippen LogP contribution in [0.15, 0.2) is 5.11 Å². The van der Waals surface area contributed by atoms with Crippen molar-refractivity contribution in [3.8, 4) is 0 Å². The molecular weight excluding hydrogens is 334 g/mol. The average molecular weight is 363 g/mol. The summed E-state index contributed by atoms with van der Waals surface area (Å²) < 4.78 is 22.3. The second-order valence-electron chi connectivity index (χ2n) is 4.48. The number of amides is 2. The molecule has 0 bridgehead atoms. The van der Waals surface area contributed by atoms with Crippen molar-refractivity contribution in [2.24, 2.45) is 5.11 Å². The minimum absolute atomic E-state index is 0.279. The highest BCUT2D eigenvalue weighted by Crippen LogP contribution is 2.15. The molecule has 0 aromatic carbocycles. The molecule has 0 radical (unpaired) electrons. The van der Waals surface area contributed by atoms with Gasteiger partial charge in [0.15, 0.2) is 0 Å². The molecule has 2 N–H and O–H groups in total. The molecule has 0 spiro atoms. The Labute approximate surface area is 144 Å². The highest BCUT2D eigenvalue weighted by atomic mass is 28.4. The van der Waals surface area contributed by atoms with Gasteiger partial charge in [0.2, 0.25) is 0 Å². The largest absolute Gasteiger partial charge is 0.502 e. The Morgan fingerprint density at radius 3 is 2.17 bits per heavy atom. The number of azide groups is 1. The second-order valence-corrected chi connectivity index (χ2v) is 7.21. The van der Waals surface area contributed by atoms with Crippen LogP contribution in [-0.2, 0) is 18.0 Å². The molecule has 0 unspecified atom stereocenters. The normalized spacial score (nSPS) is 11.0. The molecule has 0 atom stereocenters. The van der Waals surface area contributed by atoms with Crippen LogP contribution in [0.25, 0.3) is 10.4 Å². The standard InChI is InChI=1S/C13H29N5O5Si/c1-4-21-24(22-5-2,23-6-3)12-9-16-13(19)15-7-10-20-11-8-17-18-14/h4-12H2,1-3H3,(H2,15,16,19). The van der Waals surface area contributed by atoms with Crippen molar-refractivity contribution in [3.63, 3.8) is 0 Å². The van der Waals surface area contributed by atoms with E-state index in [-0.39, 0.29) is 12.6 Å². The molecular formula is C13H29N5O5Si. The maximum Gasteiger partial charge on any atom is 0.502 e. The zero-order valence-electron chi connectivity index (χ0n) is 14.7. The fourth-order valence-electron chi connectivity index (χ4n) is 1.88. The van der Waals surface area contributed by atoms with Crippen LogP contribution in [-0.4, -0.2) is 67.5 Å². The first-order valence-corrected chi connectivity index (χ1v) is 10.1. The predicted octanol–water partition coefficient (Wildman–Crippen LogP) is 1.66. The van der Waals surface area contributed by atoms with Crippen LogP contribution in [0, 0.1) is 0 Å². The van der Waals surface area contributed by atoms with Crippen LogP contribution in [0.5, 0.6) is 0 Å². The monoisotopic (exact) mass is 363 g/mol. The maximum atomic E-state index is 11.7. The molecule has 0 aliphatic rings. The Bertz CT molecular complexity index is 365. The first-order chi connectivity index (χ1) is 11.6. The van der Waals surface area contributed by atoms with Gasteiger partial charge in [-0.3, -0.25) is 0 Å². The Morgan fingerprint density at radius 2 is 1.62 bits per heavy atom. The summed E-state index contributed by atoms with van der Waals surface area (Å²) in [5.41, 5.74) is 8.10. The Kier molecular flexibility index (Phi) is 14.3. The zero-order valence-corrected chi connectivity index (χ0v) is 15.7. The van der Waals surface area contributed by atoms with E-state index < -0.39 is 8.80 Å². The molecule has 0 aromatic rings. The van der Waals surface area contributed by atoms with E-state index in [1.165, 1.54) is 0 Å². The minimum Gasteiger partial charge on any atom is -0.379 e. The number of carbonyl (C=O) groups excluding carboxylic acids is 1. The Hall–Kier alpha value is -1.36. The van der Waals surface area contributed by atoms with E-state index in [9.17, 15) is 4.79 Å². The molecule has 140 valence electrons. The van der Waals surface area contributed by atoms with E-state index in [1.807, 2.05) is 20.8 Å². The van der Waals surface area contributed by atoms with Crippen LogP contribution in [0.2, 0.25) is 6.04 Å². The minimum atomic E-state index is -2.73. The summed E-state index contributed by atoms with van der Waals surface area (Å²) in [6, 6.07) is 0.222. The van der Waals surface area contributed by atoms with Crippen molar-refractivity contribution in [2.75, 3.05) is 52.7 Å². The molecule has 0 aliphatic carbocycles. The molecule has 0 rings (SSSR count). The molecule has 0 aliphatic heterocycles. The van der Waals surface area contributed by atoms with Gasteiger partial charge in [-0.25, -0.2) is 4.79 Å². The number of hydrogen-bond acceptors (Lipinski definition) is 6. The van der Waals surface area contributed by atoms with E-state index >= 15 is 0 Å². The number of hydrogen-bond donors (Lipinski definition) is 2. The van der Waals surface area contributed by atoms with Crippen molar-refractivity contribution in [2.45, 2.75) is 26.8 Å². The van der Waals surface area contributed by atoms with E-state index in [0.717, 1.165) is 0 Å². The van der Waals surface area contributed by atoms with Crippen molar-refractivity contribution in [1.29, 1.82) is 0 Å². The van der Waals surface area contributed by atoms with Gasteiger partial charge in [0, 0.05) is 50.4 Å². The van der Waals surface area contributed by atoms with Gasteiger partial charge in [0.05, 0.1) is 13.2 Å². The summed E-state index contributed by atoms with van der Waals surface area (Å²) in [7, 11) is -2.73. The van der Waals surface area contributed by atoms with Gasteiger partial charge >= 0.3 is 14.8 Å². The van der Waals surface area contributed by atoms with Crippen LogP contribution >= 0.6 is 0 Å². The lowest BCUT2D eigenvalue weighted by molar-refractivity contribution is 0.0715. The van der Waals surface area contributed by atoms with Gasteiger partial charge in [0.25, 0.3) is 0 Å². The summed E-state index contributed by atoms with van der Waals surface area (Å²) in [6.45, 7) is 8.92. The molecule has 2 amide bonds. The van der Waals surface area contributed by atoms with Gasteiger partial charge in [-0.05, 0) is 26.3 Å². The van der Waals surface area contributed by atoms with E-state index in [2.05, 4.69) is 20.7 Å². The number of ether oxygens (including phenoxy) is 1. The molecule has 0 aromatic heterocycles. The molecule has 11 heteroatoms. The first-order valence-electron chi connectivity index (χ1n) is 8.16. The molecule has 0 fully saturated rings. The predicted molar refractivity (Wildman–Crippen MR) is 91.7 cm³/mol. The lowest BCUT2D eigenvalue weighted by Gasteiger charge is -2.28. The third-order valence-corrected chi connectivity index (χ3v) is 5.79. The fraction of sp³-hybridized carbons (Fsp3) is 0.923. The van der Waals surface area contributed by atoms with Gasteiger partial charge in [0.1, 0.15) is 0 Å². The third kappa shape index (κ3) is 11.2. The summed E-state index contributed by atoms with van der Waals surface area (Å²) in [4.78, 5) is 14.3. The summed E-state index contributed by atoms with van der Waals surface area (Å²) in [6.07, 6.45) is 0. The maximum absolute atomic E-state index is 11.7. The van der Waals surface area contributed by atoms with Crippen LogP contribution in [0.4, 0.5) is 4.79 Å². The van der Waals surface area contributed by atoms with Crippen LogP contribution < -0.4 is 10.6 Å². The topological polar surface area (TPSA) is 127 Å². The highest BCUT2D eigenvalue weighted by Gasteiger charge is 2.39. The first kappa shape index (κ1) is 22.6. The number of carbonyl (C=O) groups is 1. The lowest BCUT2D eigenvalue weighted by Crippen LogP contribution is -2.49. The van der Waals surface area contributed by atoms with Gasteiger partial charge < -0.3 is 28.6 Å². The summed E-state index contributed by atoms with van der Waals surface area (Å²) >= 11 is 0. The van der Waals surface area contributed by atoms with Gasteiger partial charge in [-0.2, -0.15) is 0 Å². The Balaban J connectivity index is 3.95. The van der Waals surface area contributed by atoms with Crippen molar-refractivity contribution in [3.05, 3.63) is 10.4 Å². The van der Waals surface area contributed by atoms with Crippen molar-refractivity contribution < 1.29 is 22.8 Å². The summed E-state index contributed by atoms with van der Waals surface area (Å²) in [5.74, 6) is 0. The van der Waals surface area contributed by atoms with Crippen molar-refractivity contribution in [1.82, 2.24) is 10.6 Å². The van der Waals surface area contributed by atoms with E-state index in [0.29, 0.717) is 52.2 Å². The molecule has 10 nitrogen and oxygen atoms in total. The van der Waals surface area contributed by atoms with Crippen LogP contribution in [0.3, 0.4) is 0 Å². The molecule has 0 saturated heterocycles. The molecule has 24 heavy (non-hydrogen) atoms. The number of nitrogens with one attached hydrogen (secondary N) is 2. The SMILES string of the molecule is CCO[Si](CCNC(=O)NCCOCCN=[N+]=[N-])(OCC)OCC. The molecule has 0 heterocycles. The zero-order chi connectivity index (χ0) is 18.1.